The van der Waals surface area contributed by atoms with Crippen LogP contribution in [0.15, 0.2) is 0 Å². The van der Waals surface area contributed by atoms with E-state index in [1.165, 1.54) is 12.8 Å². The minimum Gasteiger partial charge on any atom is -0.353 e. The number of amides is 1. The zero-order valence-corrected chi connectivity index (χ0v) is 7.97. The number of nitrogens with one attached hydrogen (secondary N) is 1. The van der Waals surface area contributed by atoms with E-state index in [0.29, 0.717) is 6.54 Å². The molecule has 1 amide bonds. The summed E-state index contributed by atoms with van der Waals surface area (Å²) in [7, 11) is 0. The highest BCUT2D eigenvalue weighted by Gasteiger charge is 2.14. The Morgan fingerprint density at radius 2 is 2.00 bits per heavy atom. The molecule has 70 valence electrons. The topological polar surface area (TPSA) is 32.3 Å². The molecule has 1 rings (SSSR count). The van der Waals surface area contributed by atoms with E-state index in [1.807, 2.05) is 13.8 Å². The van der Waals surface area contributed by atoms with E-state index < -0.39 is 0 Å². The summed E-state index contributed by atoms with van der Waals surface area (Å²) in [5, 5.41) is 2.89. The van der Waals surface area contributed by atoms with Crippen molar-refractivity contribution in [1.82, 2.24) is 10.2 Å². The fraction of sp³-hybridized carbons (Fsp3) is 0.889. The third-order valence-electron chi connectivity index (χ3n) is 2.02. The van der Waals surface area contributed by atoms with E-state index in [0.717, 1.165) is 13.1 Å². The first-order chi connectivity index (χ1) is 5.68. The summed E-state index contributed by atoms with van der Waals surface area (Å²) in [6.07, 6.45) is 2.49. The lowest BCUT2D eigenvalue weighted by atomic mass is 10.4. The molecule has 1 aliphatic rings. The minimum atomic E-state index is 0.159. The van der Waals surface area contributed by atoms with Crippen LogP contribution in [-0.2, 0) is 4.79 Å². The summed E-state index contributed by atoms with van der Waals surface area (Å²) in [5.41, 5.74) is 0. The average molecular weight is 170 g/mol. The molecule has 0 aliphatic carbocycles. The van der Waals surface area contributed by atoms with E-state index in [-0.39, 0.29) is 11.9 Å². The maximum atomic E-state index is 11.3. The summed E-state index contributed by atoms with van der Waals surface area (Å²) in [6.45, 7) is 6.74. The lowest BCUT2D eigenvalue weighted by Crippen LogP contribution is -2.38. The molecular formula is C9H18N2O. The smallest absolute Gasteiger partial charge is 0.234 e. The van der Waals surface area contributed by atoms with Gasteiger partial charge in [-0.1, -0.05) is 0 Å². The fourth-order valence-corrected chi connectivity index (χ4v) is 1.51. The number of rotatable bonds is 3. The van der Waals surface area contributed by atoms with Crippen LogP contribution in [0.4, 0.5) is 0 Å². The molecule has 1 fully saturated rings. The van der Waals surface area contributed by atoms with Crippen LogP contribution in [0.1, 0.15) is 26.7 Å². The van der Waals surface area contributed by atoms with Gasteiger partial charge in [0.05, 0.1) is 6.54 Å². The van der Waals surface area contributed by atoms with Gasteiger partial charge in [-0.05, 0) is 39.8 Å². The normalized spacial score (nSPS) is 18.6. The summed E-state index contributed by atoms with van der Waals surface area (Å²) in [5.74, 6) is 0.159. The minimum absolute atomic E-state index is 0.159. The van der Waals surface area contributed by atoms with Crippen molar-refractivity contribution in [2.75, 3.05) is 19.6 Å². The lowest BCUT2D eigenvalue weighted by Gasteiger charge is -2.15. The number of hydrogen-bond acceptors (Lipinski definition) is 2. The van der Waals surface area contributed by atoms with Gasteiger partial charge in [-0.15, -0.1) is 0 Å². The van der Waals surface area contributed by atoms with Crippen LogP contribution in [0.2, 0.25) is 0 Å². The highest BCUT2D eigenvalue weighted by Crippen LogP contribution is 2.05. The number of likely N-dealkylation sites (tertiary alicyclic amines) is 1. The molecule has 0 bridgehead atoms. The summed E-state index contributed by atoms with van der Waals surface area (Å²) < 4.78 is 0. The zero-order chi connectivity index (χ0) is 8.97. The zero-order valence-electron chi connectivity index (χ0n) is 7.97. The number of hydrogen-bond donors (Lipinski definition) is 1. The van der Waals surface area contributed by atoms with Crippen molar-refractivity contribution in [2.45, 2.75) is 32.7 Å². The Hall–Kier alpha value is -0.570. The molecule has 0 aromatic heterocycles. The lowest BCUT2D eigenvalue weighted by molar-refractivity contribution is -0.122. The van der Waals surface area contributed by atoms with Crippen molar-refractivity contribution >= 4 is 5.91 Å². The molecule has 0 spiro atoms. The molecule has 1 aliphatic heterocycles. The van der Waals surface area contributed by atoms with Crippen molar-refractivity contribution in [3.05, 3.63) is 0 Å². The van der Waals surface area contributed by atoms with Crippen LogP contribution in [0.25, 0.3) is 0 Å². The van der Waals surface area contributed by atoms with E-state index in [9.17, 15) is 4.79 Å². The van der Waals surface area contributed by atoms with Crippen LogP contribution in [0.3, 0.4) is 0 Å². The van der Waals surface area contributed by atoms with Gasteiger partial charge in [0.1, 0.15) is 0 Å². The molecule has 0 radical (unpaired) electrons. The highest BCUT2D eigenvalue weighted by atomic mass is 16.2. The van der Waals surface area contributed by atoms with Gasteiger partial charge in [-0.2, -0.15) is 0 Å². The van der Waals surface area contributed by atoms with Crippen molar-refractivity contribution < 1.29 is 4.79 Å². The third kappa shape index (κ3) is 3.22. The Morgan fingerprint density at radius 3 is 2.50 bits per heavy atom. The predicted molar refractivity (Wildman–Crippen MR) is 49.0 cm³/mol. The quantitative estimate of drug-likeness (QED) is 0.673. The first kappa shape index (κ1) is 9.52. The SMILES string of the molecule is CC(C)NC(=O)CN1CCCC1. The van der Waals surface area contributed by atoms with Crippen molar-refractivity contribution in [3.63, 3.8) is 0 Å². The Kier molecular flexibility index (Phi) is 3.53. The molecule has 0 saturated carbocycles. The maximum absolute atomic E-state index is 11.3. The molecule has 0 aromatic carbocycles. The van der Waals surface area contributed by atoms with E-state index >= 15 is 0 Å². The Morgan fingerprint density at radius 1 is 1.42 bits per heavy atom. The van der Waals surface area contributed by atoms with Crippen LogP contribution in [0.5, 0.6) is 0 Å². The van der Waals surface area contributed by atoms with E-state index in [2.05, 4.69) is 10.2 Å². The molecule has 1 heterocycles. The molecule has 1 N–H and O–H groups in total. The van der Waals surface area contributed by atoms with Crippen LogP contribution in [-0.4, -0.2) is 36.5 Å². The summed E-state index contributed by atoms with van der Waals surface area (Å²) in [4.78, 5) is 13.5. The first-order valence-electron chi connectivity index (χ1n) is 4.70. The Bertz CT molecular complexity index is 151. The molecule has 0 atom stereocenters. The molecule has 0 unspecified atom stereocenters. The van der Waals surface area contributed by atoms with Gasteiger partial charge in [0.15, 0.2) is 0 Å². The van der Waals surface area contributed by atoms with Gasteiger partial charge >= 0.3 is 0 Å². The second-order valence-corrected chi connectivity index (χ2v) is 3.71. The van der Waals surface area contributed by atoms with Crippen molar-refractivity contribution in [3.8, 4) is 0 Å². The number of nitrogens with zero attached hydrogens (tertiary/aromatic N) is 1. The monoisotopic (exact) mass is 170 g/mol. The second-order valence-electron chi connectivity index (χ2n) is 3.71. The molecule has 3 nitrogen and oxygen atoms in total. The van der Waals surface area contributed by atoms with Gasteiger partial charge in [-0.25, -0.2) is 0 Å². The van der Waals surface area contributed by atoms with E-state index in [1.54, 1.807) is 0 Å². The average Bonchev–Trinajstić information content (AvgIpc) is 2.37. The van der Waals surface area contributed by atoms with Gasteiger partial charge in [0.2, 0.25) is 5.91 Å². The Balaban J connectivity index is 2.16. The van der Waals surface area contributed by atoms with E-state index in [4.69, 9.17) is 0 Å². The largest absolute Gasteiger partial charge is 0.353 e. The maximum Gasteiger partial charge on any atom is 0.234 e. The fourth-order valence-electron chi connectivity index (χ4n) is 1.51. The van der Waals surface area contributed by atoms with Gasteiger partial charge in [0.25, 0.3) is 0 Å². The van der Waals surface area contributed by atoms with Crippen LogP contribution >= 0.6 is 0 Å². The molecular weight excluding hydrogens is 152 g/mol. The molecule has 3 heteroatoms. The van der Waals surface area contributed by atoms with Crippen LogP contribution in [0, 0.1) is 0 Å². The van der Waals surface area contributed by atoms with Gasteiger partial charge in [0, 0.05) is 6.04 Å². The van der Waals surface area contributed by atoms with Gasteiger partial charge < -0.3 is 5.32 Å². The first-order valence-corrected chi connectivity index (χ1v) is 4.70. The second kappa shape index (κ2) is 4.45. The van der Waals surface area contributed by atoms with Gasteiger partial charge in [-0.3, -0.25) is 9.69 Å². The summed E-state index contributed by atoms with van der Waals surface area (Å²) in [6, 6.07) is 0.264. The van der Waals surface area contributed by atoms with Crippen molar-refractivity contribution in [2.24, 2.45) is 0 Å². The predicted octanol–water partition coefficient (Wildman–Crippen LogP) is 0.607. The Labute approximate surface area is 74.1 Å². The molecule has 1 saturated heterocycles. The highest BCUT2D eigenvalue weighted by molar-refractivity contribution is 5.78. The molecule has 0 aromatic rings. The third-order valence-corrected chi connectivity index (χ3v) is 2.02. The summed E-state index contributed by atoms with van der Waals surface area (Å²) >= 11 is 0. The molecule has 12 heavy (non-hydrogen) atoms. The standard InChI is InChI=1S/C9H18N2O/c1-8(2)10-9(12)7-11-5-3-4-6-11/h8H,3-7H2,1-2H3,(H,10,12). The number of carbonyl (C=O) groups is 1. The van der Waals surface area contributed by atoms with Crippen molar-refractivity contribution in [1.29, 1.82) is 0 Å². The van der Waals surface area contributed by atoms with Crippen LogP contribution < -0.4 is 5.32 Å². The number of carbonyl (C=O) groups excluding carboxylic acids is 1.